The predicted octanol–water partition coefficient (Wildman–Crippen LogP) is 4.40. The van der Waals surface area contributed by atoms with Crippen molar-refractivity contribution in [2.45, 2.75) is 25.6 Å². The minimum absolute atomic E-state index is 0.184. The van der Waals surface area contributed by atoms with Crippen molar-refractivity contribution in [1.82, 2.24) is 0 Å². The van der Waals surface area contributed by atoms with E-state index in [9.17, 15) is 9.59 Å². The van der Waals surface area contributed by atoms with Gasteiger partial charge in [0.2, 0.25) is 5.78 Å². The molecular formula is C20H19BrO4. The smallest absolute Gasteiger partial charge is 0.375 e. The fourth-order valence-electron chi connectivity index (χ4n) is 3.13. The molecule has 0 bridgehead atoms. The Morgan fingerprint density at radius 1 is 1.08 bits per heavy atom. The highest BCUT2D eigenvalue weighted by Crippen LogP contribution is 2.45. The Morgan fingerprint density at radius 2 is 1.76 bits per heavy atom. The first kappa shape index (κ1) is 17.8. The maximum absolute atomic E-state index is 12.6. The van der Waals surface area contributed by atoms with Gasteiger partial charge < -0.3 is 9.47 Å². The maximum atomic E-state index is 12.6. The van der Waals surface area contributed by atoms with Crippen LogP contribution in [0.1, 0.15) is 36.7 Å². The molecule has 4 nitrogen and oxygen atoms in total. The Hall–Kier alpha value is -1.98. The zero-order valence-corrected chi connectivity index (χ0v) is 15.4. The summed E-state index contributed by atoms with van der Waals surface area (Å²) in [4.78, 5) is 24.6. The molecular weight excluding hydrogens is 384 g/mol. The van der Waals surface area contributed by atoms with Gasteiger partial charge in [-0.1, -0.05) is 58.4 Å². The van der Waals surface area contributed by atoms with Crippen molar-refractivity contribution in [3.63, 3.8) is 0 Å². The van der Waals surface area contributed by atoms with E-state index in [0.717, 1.165) is 15.6 Å². The fourth-order valence-corrected chi connectivity index (χ4v) is 3.39. The number of ketones is 1. The lowest BCUT2D eigenvalue weighted by Crippen LogP contribution is -2.28. The predicted molar refractivity (Wildman–Crippen MR) is 96.9 cm³/mol. The first-order chi connectivity index (χ1) is 12.1. The van der Waals surface area contributed by atoms with E-state index in [0.29, 0.717) is 6.42 Å². The van der Waals surface area contributed by atoms with Crippen LogP contribution in [0.5, 0.6) is 0 Å². The first-order valence-corrected chi connectivity index (χ1v) is 9.06. The lowest BCUT2D eigenvalue weighted by Gasteiger charge is -2.17. The van der Waals surface area contributed by atoms with E-state index in [4.69, 9.17) is 9.47 Å². The third kappa shape index (κ3) is 3.99. The zero-order chi connectivity index (χ0) is 17.8. The van der Waals surface area contributed by atoms with Gasteiger partial charge in [0.15, 0.2) is 0 Å². The summed E-state index contributed by atoms with van der Waals surface area (Å²) in [5, 5.41) is 0. The largest absolute Gasteiger partial charge is 0.460 e. The fraction of sp³-hybridized carbons (Fsp3) is 0.300. The molecule has 0 N–H and O–H groups in total. The van der Waals surface area contributed by atoms with Crippen molar-refractivity contribution in [1.29, 1.82) is 0 Å². The first-order valence-electron chi connectivity index (χ1n) is 8.27. The van der Waals surface area contributed by atoms with Crippen LogP contribution in [0.3, 0.4) is 0 Å². The molecule has 0 aromatic heterocycles. The molecule has 0 radical (unpaired) electrons. The number of Topliss-reactive ketones (excluding diaryl/α,β-unsaturated/α-hetero) is 1. The Balaban J connectivity index is 1.89. The van der Waals surface area contributed by atoms with Crippen LogP contribution in [-0.2, 0) is 19.1 Å². The monoisotopic (exact) mass is 402 g/mol. The van der Waals surface area contributed by atoms with Crippen LogP contribution in [-0.4, -0.2) is 18.4 Å². The Bertz CT molecular complexity index is 742. The summed E-state index contributed by atoms with van der Waals surface area (Å²) < 4.78 is 12.0. The molecule has 3 rings (SSSR count). The van der Waals surface area contributed by atoms with Gasteiger partial charge in [0.1, 0.15) is 0 Å². The van der Waals surface area contributed by atoms with Gasteiger partial charge in [-0.15, -0.1) is 0 Å². The van der Waals surface area contributed by atoms with Crippen LogP contribution >= 0.6 is 15.9 Å². The van der Waals surface area contributed by atoms with Crippen LogP contribution in [0, 0.1) is 5.92 Å². The van der Waals surface area contributed by atoms with Crippen LogP contribution in [0.25, 0.3) is 0 Å². The van der Waals surface area contributed by atoms with E-state index in [2.05, 4.69) is 15.9 Å². The number of rotatable bonds is 5. The number of ether oxygens (including phenoxy) is 2. The number of hydrogen-bond donors (Lipinski definition) is 0. The van der Waals surface area contributed by atoms with Gasteiger partial charge in [0, 0.05) is 4.47 Å². The summed E-state index contributed by atoms with van der Waals surface area (Å²) in [5.41, 5.74) is 1.88. The summed E-state index contributed by atoms with van der Waals surface area (Å²) in [6.45, 7) is 1.87. The molecule has 0 spiro atoms. The van der Waals surface area contributed by atoms with Gasteiger partial charge in [-0.25, -0.2) is 4.79 Å². The molecule has 0 unspecified atom stereocenters. The van der Waals surface area contributed by atoms with Crippen LogP contribution < -0.4 is 0 Å². The topological polar surface area (TPSA) is 52.6 Å². The molecule has 1 heterocycles. The molecule has 130 valence electrons. The van der Waals surface area contributed by atoms with Gasteiger partial charge in [-0.3, -0.25) is 4.79 Å². The summed E-state index contributed by atoms with van der Waals surface area (Å²) in [6, 6.07) is 17.4. The summed E-state index contributed by atoms with van der Waals surface area (Å²) in [6.07, 6.45) is -0.226. The van der Waals surface area contributed by atoms with Gasteiger partial charge in [0.05, 0.1) is 24.7 Å². The van der Waals surface area contributed by atoms with E-state index in [1.807, 2.05) is 54.6 Å². The van der Waals surface area contributed by atoms with Gasteiger partial charge in [0.25, 0.3) is 0 Å². The van der Waals surface area contributed by atoms with E-state index in [-0.39, 0.29) is 12.7 Å². The van der Waals surface area contributed by atoms with Crippen LogP contribution in [0.15, 0.2) is 59.1 Å². The van der Waals surface area contributed by atoms with Crippen molar-refractivity contribution in [3.05, 3.63) is 70.2 Å². The normalized spacial score (nSPS) is 22.6. The van der Waals surface area contributed by atoms with Crippen molar-refractivity contribution >= 4 is 27.7 Å². The molecule has 1 saturated heterocycles. The number of halogens is 1. The third-order valence-electron chi connectivity index (χ3n) is 4.33. The van der Waals surface area contributed by atoms with E-state index in [1.54, 1.807) is 6.92 Å². The minimum atomic E-state index is -0.785. The second-order valence-corrected chi connectivity index (χ2v) is 6.85. The number of benzene rings is 2. The van der Waals surface area contributed by atoms with Crippen LogP contribution in [0.4, 0.5) is 0 Å². The molecule has 1 aliphatic heterocycles. The quantitative estimate of drug-likeness (QED) is 0.549. The second kappa shape index (κ2) is 7.93. The van der Waals surface area contributed by atoms with E-state index < -0.39 is 23.8 Å². The molecule has 3 atom stereocenters. The van der Waals surface area contributed by atoms with Gasteiger partial charge in [-0.2, -0.15) is 0 Å². The van der Waals surface area contributed by atoms with Crippen LogP contribution in [0.2, 0.25) is 0 Å². The molecule has 0 aliphatic carbocycles. The van der Waals surface area contributed by atoms with Crippen molar-refractivity contribution in [2.24, 2.45) is 5.92 Å². The highest BCUT2D eigenvalue weighted by atomic mass is 79.9. The number of carbonyl (C=O) groups excluding carboxylic acids is 2. The summed E-state index contributed by atoms with van der Waals surface area (Å²) >= 11 is 3.41. The second-order valence-electron chi connectivity index (χ2n) is 5.93. The van der Waals surface area contributed by atoms with Crippen molar-refractivity contribution in [3.8, 4) is 0 Å². The summed E-state index contributed by atoms with van der Waals surface area (Å²) in [5.74, 6) is -1.86. The lowest BCUT2D eigenvalue weighted by molar-refractivity contribution is -0.156. The van der Waals surface area contributed by atoms with Crippen molar-refractivity contribution in [2.75, 3.05) is 6.61 Å². The number of hydrogen-bond acceptors (Lipinski definition) is 4. The molecule has 0 amide bonds. The third-order valence-corrected chi connectivity index (χ3v) is 4.86. The van der Waals surface area contributed by atoms with E-state index in [1.165, 1.54) is 0 Å². The highest BCUT2D eigenvalue weighted by molar-refractivity contribution is 9.10. The average Bonchev–Trinajstić information content (AvgIpc) is 3.08. The number of esters is 1. The molecule has 5 heteroatoms. The average molecular weight is 403 g/mol. The molecule has 2 aromatic carbocycles. The Kier molecular flexibility index (Phi) is 5.66. The lowest BCUT2D eigenvalue weighted by atomic mass is 9.89. The molecule has 0 saturated carbocycles. The maximum Gasteiger partial charge on any atom is 0.375 e. The minimum Gasteiger partial charge on any atom is -0.460 e. The number of carbonyl (C=O) groups is 2. The SMILES string of the molecule is CCOC(=O)C(=O)[C@H]1C[C@@H](c2ccccc2)O[C@H]1c1ccc(Br)cc1. The summed E-state index contributed by atoms with van der Waals surface area (Å²) in [7, 11) is 0. The van der Waals surface area contributed by atoms with E-state index >= 15 is 0 Å². The molecule has 1 aliphatic rings. The standard InChI is InChI=1S/C20H19BrO4/c1-2-24-20(23)18(22)16-12-17(13-6-4-3-5-7-13)25-19(16)14-8-10-15(21)11-9-14/h3-11,16-17,19H,2,12H2,1H3/t16-,17+,19+/m1/s1. The zero-order valence-electron chi connectivity index (χ0n) is 13.9. The highest BCUT2D eigenvalue weighted by Gasteiger charge is 2.43. The molecule has 25 heavy (non-hydrogen) atoms. The molecule has 1 fully saturated rings. The van der Waals surface area contributed by atoms with Gasteiger partial charge in [-0.05, 0) is 36.6 Å². The Labute approximate surface area is 155 Å². The van der Waals surface area contributed by atoms with Gasteiger partial charge >= 0.3 is 5.97 Å². The van der Waals surface area contributed by atoms with Crippen molar-refractivity contribution < 1.29 is 19.1 Å². The Morgan fingerprint density at radius 3 is 2.40 bits per heavy atom. The molecule has 2 aromatic rings.